The number of H-pyrrole nitrogens is 1. The van der Waals surface area contributed by atoms with E-state index in [2.05, 4.69) is 20.3 Å². The molecule has 0 radical (unpaired) electrons. The number of hydrogen-bond donors (Lipinski definition) is 4. The molecule has 0 aliphatic heterocycles. The van der Waals surface area contributed by atoms with Gasteiger partial charge in [-0.15, -0.1) is 0 Å². The van der Waals surface area contributed by atoms with Crippen molar-refractivity contribution >= 4 is 17.1 Å². The van der Waals surface area contributed by atoms with Crippen molar-refractivity contribution in [2.45, 2.75) is 33.1 Å². The van der Waals surface area contributed by atoms with Crippen molar-refractivity contribution in [1.82, 2.24) is 19.5 Å². The Morgan fingerprint density at radius 2 is 2.26 bits per heavy atom. The zero-order valence-corrected chi connectivity index (χ0v) is 13.2. The van der Waals surface area contributed by atoms with E-state index in [0.717, 1.165) is 0 Å². The first kappa shape index (κ1) is 15.9. The van der Waals surface area contributed by atoms with Crippen molar-refractivity contribution in [2.75, 3.05) is 25.1 Å². The standard InChI is InChI=1S/C14H23N5O4/c1-8(2)4-15-14-17-12-11(13(22)18-14)16-7-19(12)10(6-21)23-9(3)5-20/h7-10,20-21H,4-6H2,1-3H3,(H2,15,17,18,22)/t9-,10-/m1/s1/i3D. The molecule has 0 amide bonds. The molecule has 0 unspecified atom stereocenters. The number of imidazole rings is 1. The Morgan fingerprint density at radius 3 is 2.87 bits per heavy atom. The number of fused-ring (bicyclic) bond motifs is 1. The van der Waals surface area contributed by atoms with Gasteiger partial charge < -0.3 is 20.3 Å². The van der Waals surface area contributed by atoms with E-state index in [4.69, 9.17) is 11.2 Å². The number of anilines is 1. The largest absolute Gasteiger partial charge is 0.394 e. The number of hydrogen-bond acceptors (Lipinski definition) is 7. The van der Waals surface area contributed by atoms with Crippen molar-refractivity contribution in [2.24, 2.45) is 5.92 Å². The van der Waals surface area contributed by atoms with Gasteiger partial charge >= 0.3 is 0 Å². The van der Waals surface area contributed by atoms with E-state index in [1.54, 1.807) is 0 Å². The molecule has 4 N–H and O–H groups in total. The number of aromatic nitrogens is 4. The fourth-order valence-corrected chi connectivity index (χ4v) is 1.98. The van der Waals surface area contributed by atoms with Crippen LogP contribution in [0.4, 0.5) is 5.95 Å². The maximum Gasteiger partial charge on any atom is 0.280 e. The number of aromatic amines is 1. The summed E-state index contributed by atoms with van der Waals surface area (Å²) in [5, 5.41) is 21.8. The first-order chi connectivity index (χ1) is 11.5. The first-order valence-electron chi connectivity index (χ1n) is 8.08. The number of aliphatic hydroxyl groups is 2. The highest BCUT2D eigenvalue weighted by Gasteiger charge is 2.19. The topological polar surface area (TPSA) is 125 Å². The molecule has 0 spiro atoms. The SMILES string of the molecule is [2H]C[C@H](CO)O[C@H](CO)n1cnc2c(=O)[nH]c(NCC(C)C)nc21. The molecule has 0 saturated heterocycles. The minimum absolute atomic E-state index is 0.124. The molecule has 0 fully saturated rings. The quantitative estimate of drug-likeness (QED) is 0.541. The van der Waals surface area contributed by atoms with Crippen LogP contribution in [-0.4, -0.2) is 55.6 Å². The molecule has 128 valence electrons. The first-order valence-corrected chi connectivity index (χ1v) is 7.37. The average Bonchev–Trinajstić information content (AvgIpc) is 2.99. The highest BCUT2D eigenvalue weighted by Crippen LogP contribution is 2.17. The van der Waals surface area contributed by atoms with Crippen molar-refractivity contribution in [1.29, 1.82) is 0 Å². The normalized spacial score (nSPS) is 14.9. The van der Waals surface area contributed by atoms with Gasteiger partial charge in [0.2, 0.25) is 5.95 Å². The second kappa shape index (κ2) is 7.53. The number of rotatable bonds is 8. The summed E-state index contributed by atoms with van der Waals surface area (Å²) in [5.74, 6) is 0.672. The molecule has 2 heterocycles. The van der Waals surface area contributed by atoms with Crippen LogP contribution >= 0.6 is 0 Å². The Kier molecular flexibility index (Phi) is 5.21. The van der Waals surface area contributed by atoms with Gasteiger partial charge in [0.05, 0.1) is 25.6 Å². The Morgan fingerprint density at radius 1 is 1.48 bits per heavy atom. The minimum atomic E-state index is -0.898. The third kappa shape index (κ3) is 4.06. The summed E-state index contributed by atoms with van der Waals surface area (Å²) < 4.78 is 14.2. The molecular weight excluding hydrogens is 302 g/mol. The summed E-state index contributed by atoms with van der Waals surface area (Å²) in [6.45, 7) is 3.77. The molecule has 9 heteroatoms. The lowest BCUT2D eigenvalue weighted by Gasteiger charge is -2.21. The number of aliphatic hydroxyl groups excluding tert-OH is 2. The maximum absolute atomic E-state index is 12.1. The molecule has 2 rings (SSSR count). The summed E-state index contributed by atoms with van der Waals surface area (Å²) in [7, 11) is 0. The van der Waals surface area contributed by atoms with Gasteiger partial charge in [0.15, 0.2) is 17.4 Å². The van der Waals surface area contributed by atoms with Crippen LogP contribution < -0.4 is 10.9 Å². The maximum atomic E-state index is 12.1. The monoisotopic (exact) mass is 326 g/mol. The van der Waals surface area contributed by atoms with Crippen molar-refractivity contribution in [3.05, 3.63) is 16.7 Å². The van der Waals surface area contributed by atoms with Gasteiger partial charge in [-0.1, -0.05) is 13.8 Å². The fourth-order valence-electron chi connectivity index (χ4n) is 1.98. The summed E-state index contributed by atoms with van der Waals surface area (Å²) >= 11 is 0. The highest BCUT2D eigenvalue weighted by molar-refractivity contribution is 5.70. The summed E-state index contributed by atoms with van der Waals surface area (Å²) in [5.41, 5.74) is -0.0230. The zero-order valence-electron chi connectivity index (χ0n) is 14.2. The second-order valence-electron chi connectivity index (χ2n) is 5.59. The third-order valence-corrected chi connectivity index (χ3v) is 3.13. The van der Waals surface area contributed by atoms with Crippen molar-refractivity contribution < 1.29 is 16.3 Å². The van der Waals surface area contributed by atoms with Crippen LogP contribution in [0.25, 0.3) is 11.2 Å². The molecule has 9 nitrogen and oxygen atoms in total. The van der Waals surface area contributed by atoms with E-state index < -0.39 is 24.5 Å². The van der Waals surface area contributed by atoms with E-state index in [9.17, 15) is 9.90 Å². The lowest BCUT2D eigenvalue weighted by atomic mass is 10.2. The molecule has 0 saturated carbocycles. The van der Waals surface area contributed by atoms with Gasteiger partial charge in [-0.2, -0.15) is 4.98 Å². The molecular formula is C14H23N5O4. The van der Waals surface area contributed by atoms with Gasteiger partial charge in [0, 0.05) is 7.92 Å². The summed E-state index contributed by atoms with van der Waals surface area (Å²) in [4.78, 5) is 23.1. The average molecular weight is 326 g/mol. The molecule has 0 aromatic carbocycles. The third-order valence-electron chi connectivity index (χ3n) is 3.13. The molecule has 0 aliphatic carbocycles. The van der Waals surface area contributed by atoms with Gasteiger partial charge in [-0.05, 0) is 12.8 Å². The summed E-state index contributed by atoms with van der Waals surface area (Å²) in [6.07, 6.45) is -0.303. The van der Waals surface area contributed by atoms with Crippen LogP contribution in [0, 0.1) is 5.92 Å². The van der Waals surface area contributed by atoms with Crippen LogP contribution in [0.3, 0.4) is 0 Å². The smallest absolute Gasteiger partial charge is 0.280 e. The number of ether oxygens (including phenoxy) is 1. The zero-order chi connectivity index (χ0) is 17.7. The molecule has 23 heavy (non-hydrogen) atoms. The van der Waals surface area contributed by atoms with E-state index >= 15 is 0 Å². The second-order valence-corrected chi connectivity index (χ2v) is 5.59. The van der Waals surface area contributed by atoms with E-state index in [1.165, 1.54) is 10.9 Å². The van der Waals surface area contributed by atoms with Gasteiger partial charge in [0.1, 0.15) is 0 Å². The van der Waals surface area contributed by atoms with Gasteiger partial charge in [-0.3, -0.25) is 14.3 Å². The fraction of sp³-hybridized carbons (Fsp3) is 0.643. The van der Waals surface area contributed by atoms with Crippen LogP contribution in [0.2, 0.25) is 0 Å². The number of nitrogens with zero attached hydrogens (tertiary/aromatic N) is 3. The molecule has 0 bridgehead atoms. The molecule has 0 aliphatic rings. The van der Waals surface area contributed by atoms with Gasteiger partial charge in [-0.25, -0.2) is 4.98 Å². The van der Waals surface area contributed by atoms with Crippen LogP contribution in [-0.2, 0) is 4.74 Å². The van der Waals surface area contributed by atoms with Crippen molar-refractivity contribution in [3.8, 4) is 0 Å². The highest BCUT2D eigenvalue weighted by atomic mass is 16.5. The van der Waals surface area contributed by atoms with Crippen LogP contribution in [0.5, 0.6) is 0 Å². The van der Waals surface area contributed by atoms with Gasteiger partial charge in [0.25, 0.3) is 5.56 Å². The lowest BCUT2D eigenvalue weighted by Crippen LogP contribution is -2.24. The Balaban J connectivity index is 2.37. The Hall–Kier alpha value is -1.97. The van der Waals surface area contributed by atoms with E-state index in [1.807, 2.05) is 13.8 Å². The Bertz CT molecular complexity index is 713. The number of nitrogens with one attached hydrogen (secondary N) is 2. The van der Waals surface area contributed by atoms with Crippen LogP contribution in [0.15, 0.2) is 11.1 Å². The summed E-state index contributed by atoms with van der Waals surface area (Å²) in [6, 6.07) is 0. The lowest BCUT2D eigenvalue weighted by molar-refractivity contribution is -0.0871. The minimum Gasteiger partial charge on any atom is -0.394 e. The Labute approximate surface area is 134 Å². The molecule has 2 atom stereocenters. The predicted octanol–water partition coefficient (Wildman–Crippen LogP) is 0.0758. The van der Waals surface area contributed by atoms with E-state index in [0.29, 0.717) is 18.4 Å². The predicted molar refractivity (Wildman–Crippen MR) is 85.2 cm³/mol. The molecule has 2 aromatic heterocycles. The van der Waals surface area contributed by atoms with E-state index in [-0.39, 0.29) is 24.7 Å². The van der Waals surface area contributed by atoms with Crippen molar-refractivity contribution in [3.63, 3.8) is 0 Å². The van der Waals surface area contributed by atoms with Crippen LogP contribution in [0.1, 0.15) is 28.3 Å². The molecule has 2 aromatic rings.